The van der Waals surface area contributed by atoms with Crippen LogP contribution >= 0.6 is 15.9 Å². The van der Waals surface area contributed by atoms with Crippen molar-refractivity contribution in [3.63, 3.8) is 0 Å². The van der Waals surface area contributed by atoms with Crippen molar-refractivity contribution in [3.05, 3.63) is 45.7 Å². The van der Waals surface area contributed by atoms with Gasteiger partial charge in [0.05, 0.1) is 11.7 Å². The molecule has 0 amide bonds. The van der Waals surface area contributed by atoms with Gasteiger partial charge in [-0.3, -0.25) is 5.84 Å². The van der Waals surface area contributed by atoms with Crippen LogP contribution in [0.15, 0.2) is 28.9 Å². The summed E-state index contributed by atoms with van der Waals surface area (Å²) in [5.41, 5.74) is 6.23. The Bertz CT molecular complexity index is 563. The average molecular weight is 338 g/mol. The van der Waals surface area contributed by atoms with Crippen molar-refractivity contribution in [1.29, 1.82) is 0 Å². The molecule has 1 aromatic carbocycles. The van der Waals surface area contributed by atoms with Crippen molar-refractivity contribution in [2.75, 3.05) is 0 Å². The first-order valence-corrected chi connectivity index (χ1v) is 7.25. The van der Waals surface area contributed by atoms with E-state index in [0.29, 0.717) is 4.60 Å². The third kappa shape index (κ3) is 2.92. The molecule has 0 aliphatic rings. The van der Waals surface area contributed by atoms with Gasteiger partial charge in [0.25, 0.3) is 0 Å². The lowest BCUT2D eigenvalue weighted by molar-refractivity contribution is 0.566. The van der Waals surface area contributed by atoms with E-state index in [9.17, 15) is 0 Å². The van der Waals surface area contributed by atoms with Gasteiger partial charge in [-0.05, 0) is 32.5 Å². The molecule has 2 rings (SSSR count). The lowest BCUT2D eigenvalue weighted by Crippen LogP contribution is -2.30. The van der Waals surface area contributed by atoms with Crippen molar-refractivity contribution < 1.29 is 0 Å². The number of nitrogens with one attached hydrogen (secondary N) is 1. The number of benzene rings is 1. The minimum atomic E-state index is -0.154. The molecule has 2 aromatic rings. The molecule has 0 saturated carbocycles. The molecule has 1 aromatic heterocycles. The van der Waals surface area contributed by atoms with E-state index in [1.54, 1.807) is 4.68 Å². The topological polar surface area (TPSA) is 68.8 Å². The summed E-state index contributed by atoms with van der Waals surface area (Å²) >= 11 is 3.41. The molecule has 3 N–H and O–H groups in total. The van der Waals surface area contributed by atoms with Crippen molar-refractivity contribution >= 4 is 15.9 Å². The van der Waals surface area contributed by atoms with E-state index in [4.69, 9.17) is 5.84 Å². The molecule has 0 radical (unpaired) electrons. The van der Waals surface area contributed by atoms with Gasteiger partial charge in [0.2, 0.25) is 0 Å². The van der Waals surface area contributed by atoms with Gasteiger partial charge in [-0.15, -0.1) is 5.10 Å². The summed E-state index contributed by atoms with van der Waals surface area (Å²) in [6.07, 6.45) is 0. The molecule has 1 unspecified atom stereocenters. The number of hydrazine groups is 1. The van der Waals surface area contributed by atoms with Crippen molar-refractivity contribution in [2.24, 2.45) is 12.9 Å². The summed E-state index contributed by atoms with van der Waals surface area (Å²) in [6, 6.07) is 8.29. The second-order valence-electron chi connectivity index (χ2n) is 5.86. The van der Waals surface area contributed by atoms with Crippen LogP contribution in [-0.4, -0.2) is 15.0 Å². The maximum atomic E-state index is 5.72. The zero-order chi connectivity index (χ0) is 14.9. The molecule has 1 heterocycles. The number of aryl methyl sites for hydroxylation is 1. The first kappa shape index (κ1) is 15.2. The van der Waals surface area contributed by atoms with Gasteiger partial charge < -0.3 is 0 Å². The second-order valence-corrected chi connectivity index (χ2v) is 6.61. The minimum absolute atomic E-state index is 0.138. The molecule has 1 atom stereocenters. The quantitative estimate of drug-likeness (QED) is 0.666. The predicted octanol–water partition coefficient (Wildman–Crippen LogP) is 2.43. The van der Waals surface area contributed by atoms with E-state index in [1.165, 1.54) is 5.56 Å². The maximum absolute atomic E-state index is 5.72. The third-order valence-corrected chi connectivity index (χ3v) is 3.94. The lowest BCUT2D eigenvalue weighted by atomic mass is 9.86. The van der Waals surface area contributed by atoms with Crippen LogP contribution in [0.2, 0.25) is 0 Å². The number of halogens is 1. The number of hydrogen-bond acceptors (Lipinski definition) is 4. The molecule has 20 heavy (non-hydrogen) atoms. The first-order valence-electron chi connectivity index (χ1n) is 6.46. The van der Waals surface area contributed by atoms with E-state index in [0.717, 1.165) is 11.3 Å². The molecule has 0 aliphatic heterocycles. The van der Waals surface area contributed by atoms with Gasteiger partial charge in [0, 0.05) is 7.05 Å². The molecular formula is C14H20BrN5. The number of rotatable bonds is 3. The van der Waals surface area contributed by atoms with Crippen molar-refractivity contribution in [3.8, 4) is 0 Å². The minimum Gasteiger partial charge on any atom is -0.271 e. The number of nitrogens with zero attached hydrogens (tertiary/aromatic N) is 3. The standard InChI is InChI=1S/C14H20BrN5/c1-14(2,3)10-7-5-9(6-8-10)11(17-16)12-13(15)18-19-20(12)4/h5-8,11,17H,16H2,1-4H3. The number of hydrogen-bond donors (Lipinski definition) is 2. The molecule has 5 nitrogen and oxygen atoms in total. The van der Waals surface area contributed by atoms with Crippen LogP contribution < -0.4 is 11.3 Å². The Morgan fingerprint density at radius 1 is 1.25 bits per heavy atom. The van der Waals surface area contributed by atoms with Crippen LogP contribution in [0.4, 0.5) is 0 Å². The highest BCUT2D eigenvalue weighted by Gasteiger charge is 2.21. The Kier molecular flexibility index (Phi) is 4.27. The van der Waals surface area contributed by atoms with Gasteiger partial charge >= 0.3 is 0 Å². The highest BCUT2D eigenvalue weighted by molar-refractivity contribution is 9.10. The van der Waals surface area contributed by atoms with Gasteiger partial charge in [-0.25, -0.2) is 10.1 Å². The third-order valence-electron chi connectivity index (χ3n) is 3.38. The van der Waals surface area contributed by atoms with Crippen LogP contribution in [0.5, 0.6) is 0 Å². The van der Waals surface area contributed by atoms with E-state index >= 15 is 0 Å². The molecule has 0 fully saturated rings. The Morgan fingerprint density at radius 2 is 1.85 bits per heavy atom. The molecule has 0 bridgehead atoms. The van der Waals surface area contributed by atoms with Gasteiger partial charge in [-0.1, -0.05) is 50.3 Å². The van der Waals surface area contributed by atoms with Crippen LogP contribution in [0.3, 0.4) is 0 Å². The van der Waals surface area contributed by atoms with E-state index in [2.05, 4.69) is 76.7 Å². The monoisotopic (exact) mass is 337 g/mol. The fourth-order valence-corrected chi connectivity index (χ4v) is 2.71. The van der Waals surface area contributed by atoms with Gasteiger partial charge in [-0.2, -0.15) is 0 Å². The average Bonchev–Trinajstić information content (AvgIpc) is 2.71. The van der Waals surface area contributed by atoms with E-state index in [-0.39, 0.29) is 11.5 Å². The fraction of sp³-hybridized carbons (Fsp3) is 0.429. The van der Waals surface area contributed by atoms with Gasteiger partial charge in [0.15, 0.2) is 4.60 Å². The molecular weight excluding hydrogens is 318 g/mol. The summed E-state index contributed by atoms with van der Waals surface area (Å²) in [5.74, 6) is 5.72. The predicted molar refractivity (Wildman–Crippen MR) is 83.0 cm³/mol. The van der Waals surface area contributed by atoms with Crippen LogP contribution in [0.1, 0.15) is 43.6 Å². The maximum Gasteiger partial charge on any atom is 0.153 e. The fourth-order valence-electron chi connectivity index (χ4n) is 2.15. The highest BCUT2D eigenvalue weighted by atomic mass is 79.9. The summed E-state index contributed by atoms with van der Waals surface area (Å²) < 4.78 is 2.41. The normalized spacial score (nSPS) is 13.5. The first-order chi connectivity index (χ1) is 9.34. The summed E-state index contributed by atoms with van der Waals surface area (Å²) in [5, 5.41) is 7.99. The van der Waals surface area contributed by atoms with Crippen LogP contribution in [-0.2, 0) is 12.5 Å². The molecule has 108 valence electrons. The van der Waals surface area contributed by atoms with Crippen LogP contribution in [0.25, 0.3) is 0 Å². The van der Waals surface area contributed by atoms with Crippen LogP contribution in [0, 0.1) is 0 Å². The Labute approximate surface area is 127 Å². The zero-order valence-electron chi connectivity index (χ0n) is 12.2. The molecule has 0 saturated heterocycles. The second kappa shape index (κ2) is 5.63. The number of nitrogens with two attached hydrogens (primary N) is 1. The zero-order valence-corrected chi connectivity index (χ0v) is 13.8. The van der Waals surface area contributed by atoms with Gasteiger partial charge in [0.1, 0.15) is 0 Å². The van der Waals surface area contributed by atoms with E-state index < -0.39 is 0 Å². The van der Waals surface area contributed by atoms with E-state index in [1.807, 2.05) is 7.05 Å². The SMILES string of the molecule is Cn1nnc(Br)c1C(NN)c1ccc(C(C)(C)C)cc1. The van der Waals surface area contributed by atoms with Crippen molar-refractivity contribution in [1.82, 2.24) is 20.4 Å². The lowest BCUT2D eigenvalue weighted by Gasteiger charge is -2.21. The Morgan fingerprint density at radius 3 is 2.25 bits per heavy atom. The van der Waals surface area contributed by atoms with Crippen molar-refractivity contribution in [2.45, 2.75) is 32.2 Å². The summed E-state index contributed by atoms with van der Waals surface area (Å²) in [6.45, 7) is 6.59. The Balaban J connectivity index is 2.38. The molecule has 0 aliphatic carbocycles. The largest absolute Gasteiger partial charge is 0.271 e. The highest BCUT2D eigenvalue weighted by Crippen LogP contribution is 2.28. The Hall–Kier alpha value is -1.24. The molecule has 0 spiro atoms. The molecule has 6 heteroatoms. The smallest absolute Gasteiger partial charge is 0.153 e. The summed E-state index contributed by atoms with van der Waals surface area (Å²) in [4.78, 5) is 0. The number of aromatic nitrogens is 3. The summed E-state index contributed by atoms with van der Waals surface area (Å²) in [7, 11) is 1.85.